The first-order valence-electron chi connectivity index (χ1n) is 2.90. The van der Waals surface area contributed by atoms with E-state index in [4.69, 9.17) is 0 Å². The number of likely N-dealkylation sites (N-methyl/N-ethyl adjacent to an activating group) is 1. The van der Waals surface area contributed by atoms with Gasteiger partial charge in [0.15, 0.2) is 6.10 Å². The first-order chi connectivity index (χ1) is 4.99. The van der Waals surface area contributed by atoms with Crippen molar-refractivity contribution in [1.82, 2.24) is 5.32 Å². The summed E-state index contributed by atoms with van der Waals surface area (Å²) in [6, 6.07) is 0. The van der Waals surface area contributed by atoms with Gasteiger partial charge in [0.05, 0.1) is 6.26 Å². The highest BCUT2D eigenvalue weighted by Gasteiger charge is 2.13. The normalized spacial score (nSPS) is 14.4. The molecule has 5 nitrogen and oxygen atoms in total. The van der Waals surface area contributed by atoms with Gasteiger partial charge in [-0.1, -0.05) is 0 Å². The number of nitrogens with one attached hydrogen (secondary N) is 1. The topological polar surface area (TPSA) is 72.5 Å². The Bertz CT molecular complexity index is 211. The molecule has 0 aliphatic rings. The summed E-state index contributed by atoms with van der Waals surface area (Å²) in [7, 11) is -1.98. The fourth-order valence-electron chi connectivity index (χ4n) is 0.492. The van der Waals surface area contributed by atoms with E-state index in [0.717, 1.165) is 6.26 Å². The van der Waals surface area contributed by atoms with Gasteiger partial charge in [0, 0.05) is 6.54 Å². The van der Waals surface area contributed by atoms with Crippen molar-refractivity contribution < 1.29 is 17.4 Å². The summed E-state index contributed by atoms with van der Waals surface area (Å²) < 4.78 is 25.2. The highest BCUT2D eigenvalue weighted by molar-refractivity contribution is 7.86. The van der Waals surface area contributed by atoms with E-state index in [-0.39, 0.29) is 6.54 Å². The molecule has 0 saturated heterocycles. The van der Waals surface area contributed by atoms with Crippen LogP contribution in [0.15, 0.2) is 0 Å². The first-order valence-corrected chi connectivity index (χ1v) is 4.72. The second kappa shape index (κ2) is 4.42. The summed E-state index contributed by atoms with van der Waals surface area (Å²) in [6.45, 7) is 0.135. The number of hydrogen-bond acceptors (Lipinski definition) is 5. The molecule has 1 unspecified atom stereocenters. The van der Waals surface area contributed by atoms with E-state index in [1.807, 2.05) is 0 Å². The third kappa shape index (κ3) is 5.96. The summed E-state index contributed by atoms with van der Waals surface area (Å²) in [5.74, 6) is 0. The SMILES string of the molecule is CNCC([C]=O)OS(C)(=O)=O. The van der Waals surface area contributed by atoms with E-state index in [2.05, 4.69) is 9.50 Å². The predicted molar refractivity (Wildman–Crippen MR) is 39.3 cm³/mol. The van der Waals surface area contributed by atoms with Crippen LogP contribution in [0.3, 0.4) is 0 Å². The molecule has 0 aromatic rings. The van der Waals surface area contributed by atoms with E-state index < -0.39 is 16.2 Å². The van der Waals surface area contributed by atoms with Crippen LogP contribution in [0.2, 0.25) is 0 Å². The lowest BCUT2D eigenvalue weighted by molar-refractivity contribution is 0.265. The monoisotopic (exact) mass is 180 g/mol. The minimum atomic E-state index is -3.56. The van der Waals surface area contributed by atoms with Crippen LogP contribution in [0.5, 0.6) is 0 Å². The lowest BCUT2D eigenvalue weighted by atomic mass is 10.4. The Labute approximate surface area is 65.9 Å². The van der Waals surface area contributed by atoms with Crippen LogP contribution >= 0.6 is 0 Å². The van der Waals surface area contributed by atoms with Gasteiger partial charge in [0.25, 0.3) is 10.1 Å². The molecule has 0 aromatic carbocycles. The molecule has 1 atom stereocenters. The Morgan fingerprint density at radius 3 is 2.45 bits per heavy atom. The Hall–Kier alpha value is -0.460. The zero-order valence-electron chi connectivity index (χ0n) is 6.33. The van der Waals surface area contributed by atoms with E-state index in [9.17, 15) is 13.2 Å². The Kier molecular flexibility index (Phi) is 4.24. The molecule has 0 heterocycles. The smallest absolute Gasteiger partial charge is 0.265 e. The summed E-state index contributed by atoms with van der Waals surface area (Å²) in [4.78, 5) is 10.0. The molecule has 0 aliphatic carbocycles. The number of hydrogen-bond donors (Lipinski definition) is 1. The maximum Gasteiger partial charge on any atom is 0.265 e. The fraction of sp³-hybridized carbons (Fsp3) is 0.800. The molecule has 65 valence electrons. The standard InChI is InChI=1S/C5H10NO4S/c1-6-3-5(4-7)10-11(2,8)9/h5-6H,3H2,1-2H3. The van der Waals surface area contributed by atoms with Crippen molar-refractivity contribution >= 4 is 16.4 Å². The lowest BCUT2D eigenvalue weighted by Crippen LogP contribution is -2.29. The molecule has 1 radical (unpaired) electrons. The maximum absolute atomic E-state index is 10.4. The van der Waals surface area contributed by atoms with Crippen molar-refractivity contribution in [2.75, 3.05) is 19.8 Å². The van der Waals surface area contributed by atoms with Gasteiger partial charge in [0.2, 0.25) is 6.29 Å². The molecule has 0 saturated carbocycles. The zero-order chi connectivity index (χ0) is 8.91. The van der Waals surface area contributed by atoms with Gasteiger partial charge in [-0.2, -0.15) is 8.42 Å². The summed E-state index contributed by atoms with van der Waals surface area (Å²) in [5.41, 5.74) is 0. The molecule has 11 heavy (non-hydrogen) atoms. The molecular formula is C5H10NO4S. The van der Waals surface area contributed by atoms with Gasteiger partial charge in [-0.3, -0.25) is 8.98 Å². The summed E-state index contributed by atoms with van der Waals surface area (Å²) in [5, 5.41) is 2.59. The van der Waals surface area contributed by atoms with Crippen molar-refractivity contribution in [3.05, 3.63) is 0 Å². The quantitative estimate of drug-likeness (QED) is 0.530. The van der Waals surface area contributed by atoms with Crippen molar-refractivity contribution in [1.29, 1.82) is 0 Å². The average molecular weight is 180 g/mol. The highest BCUT2D eigenvalue weighted by atomic mass is 32.2. The van der Waals surface area contributed by atoms with Crippen LogP contribution in [0.4, 0.5) is 0 Å². The minimum Gasteiger partial charge on any atom is -0.317 e. The molecule has 0 rings (SSSR count). The lowest BCUT2D eigenvalue weighted by Gasteiger charge is -2.06. The van der Waals surface area contributed by atoms with E-state index >= 15 is 0 Å². The fourth-order valence-corrected chi connectivity index (χ4v) is 1.02. The molecule has 0 aliphatic heterocycles. The van der Waals surface area contributed by atoms with Crippen LogP contribution in [-0.2, 0) is 19.1 Å². The molecule has 6 heteroatoms. The van der Waals surface area contributed by atoms with Gasteiger partial charge in [-0.25, -0.2) is 0 Å². The second-order valence-corrected chi connectivity index (χ2v) is 3.57. The number of carbonyl (C=O) groups excluding carboxylic acids is 1. The first kappa shape index (κ1) is 10.5. The van der Waals surface area contributed by atoms with Gasteiger partial charge in [-0.15, -0.1) is 0 Å². The summed E-state index contributed by atoms with van der Waals surface area (Å²) in [6.07, 6.45) is 1.28. The average Bonchev–Trinajstić information content (AvgIpc) is 1.84. The highest BCUT2D eigenvalue weighted by Crippen LogP contribution is 1.92. The minimum absolute atomic E-state index is 0.135. The van der Waals surface area contributed by atoms with E-state index in [1.165, 1.54) is 6.29 Å². The van der Waals surface area contributed by atoms with E-state index in [1.54, 1.807) is 7.05 Å². The third-order valence-electron chi connectivity index (χ3n) is 0.812. The molecule has 0 spiro atoms. The molecule has 0 amide bonds. The Morgan fingerprint density at radius 2 is 2.18 bits per heavy atom. The van der Waals surface area contributed by atoms with Crippen LogP contribution < -0.4 is 5.32 Å². The molecule has 0 bridgehead atoms. The van der Waals surface area contributed by atoms with Gasteiger partial charge >= 0.3 is 0 Å². The van der Waals surface area contributed by atoms with Crippen molar-refractivity contribution in [2.24, 2.45) is 0 Å². The van der Waals surface area contributed by atoms with Gasteiger partial charge < -0.3 is 5.32 Å². The van der Waals surface area contributed by atoms with Crippen molar-refractivity contribution in [3.63, 3.8) is 0 Å². The number of rotatable bonds is 5. The molecule has 1 N–H and O–H groups in total. The second-order valence-electron chi connectivity index (χ2n) is 1.96. The van der Waals surface area contributed by atoms with Crippen molar-refractivity contribution in [3.8, 4) is 0 Å². The maximum atomic E-state index is 10.4. The predicted octanol–water partition coefficient (Wildman–Crippen LogP) is -1.34. The molecule has 0 fully saturated rings. The zero-order valence-corrected chi connectivity index (χ0v) is 7.14. The largest absolute Gasteiger partial charge is 0.317 e. The summed E-state index contributed by atoms with van der Waals surface area (Å²) >= 11 is 0. The van der Waals surface area contributed by atoms with Crippen LogP contribution in [0, 0.1) is 0 Å². The van der Waals surface area contributed by atoms with Gasteiger partial charge in [-0.05, 0) is 7.05 Å². The molecule has 0 aromatic heterocycles. The Morgan fingerprint density at radius 1 is 1.64 bits per heavy atom. The molecular weight excluding hydrogens is 170 g/mol. The van der Waals surface area contributed by atoms with Crippen molar-refractivity contribution in [2.45, 2.75) is 6.10 Å². The van der Waals surface area contributed by atoms with E-state index in [0.29, 0.717) is 0 Å². The van der Waals surface area contributed by atoms with Crippen LogP contribution in [0.25, 0.3) is 0 Å². The van der Waals surface area contributed by atoms with Crippen LogP contribution in [-0.4, -0.2) is 40.7 Å². The Balaban J connectivity index is 3.98. The van der Waals surface area contributed by atoms with Gasteiger partial charge in [0.1, 0.15) is 0 Å². The van der Waals surface area contributed by atoms with Crippen LogP contribution in [0.1, 0.15) is 0 Å². The third-order valence-corrected chi connectivity index (χ3v) is 1.39.